The van der Waals surface area contributed by atoms with Gasteiger partial charge < -0.3 is 15.2 Å². The first-order valence-corrected chi connectivity index (χ1v) is 12.7. The van der Waals surface area contributed by atoms with E-state index in [9.17, 15) is 9.59 Å². The maximum Gasteiger partial charge on any atom is 0.244 e. The fourth-order valence-electron chi connectivity index (χ4n) is 3.07. The largest absolute Gasteiger partial charge is 0.345 e. The summed E-state index contributed by atoms with van der Waals surface area (Å²) in [6, 6.07) is 13.1. The van der Waals surface area contributed by atoms with Crippen molar-refractivity contribution in [2.75, 3.05) is 11.1 Å². The van der Waals surface area contributed by atoms with Gasteiger partial charge >= 0.3 is 0 Å². The molecule has 0 spiro atoms. The molecular formula is C24H25BrClN5O2S. The maximum atomic E-state index is 12.5. The lowest BCUT2D eigenvalue weighted by Crippen LogP contribution is -2.22. The zero-order chi connectivity index (χ0) is 24.7. The van der Waals surface area contributed by atoms with Crippen LogP contribution in [-0.4, -0.2) is 32.3 Å². The number of hydrogen-bond acceptors (Lipinski definition) is 5. The molecule has 2 N–H and O–H groups in total. The molecule has 2 aromatic carbocycles. The Morgan fingerprint density at radius 3 is 2.71 bits per heavy atom. The lowest BCUT2D eigenvalue weighted by Gasteiger charge is -2.14. The molecule has 1 aromatic heterocycles. The fourth-order valence-corrected chi connectivity index (χ4v) is 4.37. The van der Waals surface area contributed by atoms with Gasteiger partial charge in [-0.2, -0.15) is 0 Å². The molecular weight excluding hydrogens is 538 g/mol. The Morgan fingerprint density at radius 1 is 1.21 bits per heavy atom. The Labute approximate surface area is 216 Å². The van der Waals surface area contributed by atoms with Gasteiger partial charge in [-0.15, -0.1) is 10.2 Å². The number of nitrogens with zero attached hydrogens (tertiary/aromatic N) is 3. The fraction of sp³-hybridized carbons (Fsp3) is 0.250. The Balaban J connectivity index is 1.52. The van der Waals surface area contributed by atoms with E-state index in [1.807, 2.05) is 36.4 Å². The Bertz CT molecular complexity index is 1210. The number of nitrogens with one attached hydrogen (secondary N) is 2. The molecule has 0 saturated carbocycles. The van der Waals surface area contributed by atoms with Crippen LogP contribution in [0.4, 0.5) is 5.69 Å². The third-order valence-electron chi connectivity index (χ3n) is 4.91. The van der Waals surface area contributed by atoms with Crippen LogP contribution < -0.4 is 10.6 Å². The summed E-state index contributed by atoms with van der Waals surface area (Å²) in [6.07, 6.45) is 3.08. The van der Waals surface area contributed by atoms with Gasteiger partial charge in [0.25, 0.3) is 0 Å². The molecule has 0 fully saturated rings. The van der Waals surface area contributed by atoms with Gasteiger partial charge in [0.05, 0.1) is 12.3 Å². The van der Waals surface area contributed by atoms with Crippen LogP contribution in [0, 0.1) is 0 Å². The zero-order valence-electron chi connectivity index (χ0n) is 19.0. The molecule has 10 heteroatoms. The van der Waals surface area contributed by atoms with Crippen molar-refractivity contribution in [3.05, 3.63) is 75.0 Å². The highest BCUT2D eigenvalue weighted by Gasteiger charge is 2.14. The van der Waals surface area contributed by atoms with Crippen molar-refractivity contribution in [3.63, 3.8) is 0 Å². The minimum Gasteiger partial charge on any atom is -0.345 e. The van der Waals surface area contributed by atoms with Crippen LogP contribution >= 0.6 is 39.3 Å². The van der Waals surface area contributed by atoms with Crippen LogP contribution in [0.2, 0.25) is 5.02 Å². The summed E-state index contributed by atoms with van der Waals surface area (Å²) in [5.41, 5.74) is 2.63. The second-order valence-corrected chi connectivity index (χ2v) is 10.0. The molecule has 2 amide bonds. The van der Waals surface area contributed by atoms with Crippen molar-refractivity contribution in [3.8, 4) is 0 Å². The highest BCUT2D eigenvalue weighted by atomic mass is 79.9. The Morgan fingerprint density at radius 2 is 1.97 bits per heavy atom. The average Bonchev–Trinajstić information content (AvgIpc) is 3.16. The second kappa shape index (κ2) is 12.2. The Kier molecular flexibility index (Phi) is 9.32. The molecule has 0 aliphatic heterocycles. The first-order chi connectivity index (χ1) is 16.2. The van der Waals surface area contributed by atoms with E-state index in [-0.39, 0.29) is 30.0 Å². The number of aromatic nitrogens is 3. The van der Waals surface area contributed by atoms with Crippen LogP contribution in [0.25, 0.3) is 6.08 Å². The van der Waals surface area contributed by atoms with E-state index in [1.165, 1.54) is 17.8 Å². The predicted molar refractivity (Wildman–Crippen MR) is 141 cm³/mol. The minimum absolute atomic E-state index is 0.128. The topological polar surface area (TPSA) is 88.9 Å². The third-order valence-corrected chi connectivity index (χ3v) is 6.77. The quantitative estimate of drug-likeness (QED) is 0.269. The van der Waals surface area contributed by atoms with Gasteiger partial charge in [0.1, 0.15) is 0 Å². The van der Waals surface area contributed by atoms with Crippen LogP contribution in [0.1, 0.15) is 36.7 Å². The summed E-state index contributed by atoms with van der Waals surface area (Å²) in [7, 11) is 1.80. The number of carbonyl (C=O) groups is 2. The van der Waals surface area contributed by atoms with Gasteiger partial charge in [0, 0.05) is 28.3 Å². The van der Waals surface area contributed by atoms with E-state index in [0.717, 1.165) is 21.3 Å². The van der Waals surface area contributed by atoms with E-state index in [1.54, 1.807) is 23.8 Å². The van der Waals surface area contributed by atoms with Crippen molar-refractivity contribution < 1.29 is 9.59 Å². The molecule has 1 heterocycles. The molecule has 0 bridgehead atoms. The van der Waals surface area contributed by atoms with E-state index in [0.29, 0.717) is 16.0 Å². The molecule has 3 aromatic rings. The molecule has 0 unspecified atom stereocenters. The lowest BCUT2D eigenvalue weighted by molar-refractivity contribution is -0.116. The number of halogens is 2. The summed E-state index contributed by atoms with van der Waals surface area (Å²) in [5.74, 6) is 0.643. The minimum atomic E-state index is -0.271. The lowest BCUT2D eigenvalue weighted by atomic mass is 10.0. The van der Waals surface area contributed by atoms with Crippen molar-refractivity contribution in [1.29, 1.82) is 0 Å². The summed E-state index contributed by atoms with van der Waals surface area (Å²) in [5, 5.41) is 15.2. The molecule has 0 aliphatic rings. The highest BCUT2D eigenvalue weighted by molar-refractivity contribution is 9.10. The number of thioether (sulfide) groups is 1. The first kappa shape index (κ1) is 26.0. The van der Waals surface area contributed by atoms with Crippen molar-refractivity contribution in [1.82, 2.24) is 20.1 Å². The number of benzene rings is 2. The highest BCUT2D eigenvalue weighted by Crippen LogP contribution is 2.28. The number of carbonyl (C=O) groups excluding carboxylic acids is 2. The monoisotopic (exact) mass is 561 g/mol. The third kappa shape index (κ3) is 7.19. The Hall–Kier alpha value is -2.62. The van der Waals surface area contributed by atoms with Gasteiger partial charge in [-0.3, -0.25) is 9.59 Å². The summed E-state index contributed by atoms with van der Waals surface area (Å²) >= 11 is 10.9. The summed E-state index contributed by atoms with van der Waals surface area (Å²) in [6.45, 7) is 4.37. The molecule has 7 nitrogen and oxygen atoms in total. The number of anilines is 1. The number of rotatable bonds is 9. The molecule has 34 heavy (non-hydrogen) atoms. The van der Waals surface area contributed by atoms with Crippen molar-refractivity contribution >= 4 is 62.9 Å². The SMILES string of the molecule is CC(C)c1cc(Br)ccc1NC(=O)CSc1nnc(CNC(=O)/C=C/c2ccccc2Cl)n1C. The second-order valence-electron chi connectivity index (χ2n) is 7.75. The van der Waals surface area contributed by atoms with Crippen LogP contribution in [0.15, 0.2) is 58.2 Å². The summed E-state index contributed by atoms with van der Waals surface area (Å²) in [4.78, 5) is 24.7. The van der Waals surface area contributed by atoms with Crippen molar-refractivity contribution in [2.24, 2.45) is 7.05 Å². The predicted octanol–water partition coefficient (Wildman–Crippen LogP) is 5.41. The van der Waals surface area contributed by atoms with E-state index >= 15 is 0 Å². The molecule has 0 aliphatic carbocycles. The normalized spacial score (nSPS) is 11.2. The zero-order valence-corrected chi connectivity index (χ0v) is 22.2. The molecule has 3 rings (SSSR count). The van der Waals surface area contributed by atoms with Crippen LogP contribution in [0.3, 0.4) is 0 Å². The molecule has 178 valence electrons. The molecule has 0 radical (unpaired) electrons. The van der Waals surface area contributed by atoms with E-state index in [4.69, 9.17) is 11.6 Å². The average molecular weight is 563 g/mol. The van der Waals surface area contributed by atoms with E-state index in [2.05, 4.69) is 50.6 Å². The number of hydrogen-bond donors (Lipinski definition) is 2. The van der Waals surface area contributed by atoms with Crippen molar-refractivity contribution in [2.45, 2.75) is 31.5 Å². The molecule has 0 atom stereocenters. The van der Waals surface area contributed by atoms with Crippen LogP contribution in [0.5, 0.6) is 0 Å². The van der Waals surface area contributed by atoms with Crippen LogP contribution in [-0.2, 0) is 23.2 Å². The van der Waals surface area contributed by atoms with E-state index < -0.39 is 0 Å². The molecule has 0 saturated heterocycles. The maximum absolute atomic E-state index is 12.5. The smallest absolute Gasteiger partial charge is 0.244 e. The van der Waals surface area contributed by atoms with Gasteiger partial charge in [0.15, 0.2) is 11.0 Å². The van der Waals surface area contributed by atoms with Gasteiger partial charge in [-0.25, -0.2) is 0 Å². The van der Waals surface area contributed by atoms with Gasteiger partial charge in [0.2, 0.25) is 11.8 Å². The first-order valence-electron chi connectivity index (χ1n) is 10.6. The van der Waals surface area contributed by atoms with Gasteiger partial charge in [-0.1, -0.05) is 71.3 Å². The standard InChI is InChI=1S/C24H25BrClN5O2S/c1-15(2)18-12-17(25)9-10-20(18)28-23(33)14-34-24-30-29-21(31(24)3)13-27-22(32)11-8-16-6-4-5-7-19(16)26/h4-12,15H,13-14H2,1-3H3,(H,27,32)(H,28,33)/b11-8+. The summed E-state index contributed by atoms with van der Waals surface area (Å²) < 4.78 is 2.73. The number of amides is 2. The van der Waals surface area contributed by atoms with Gasteiger partial charge in [-0.05, 0) is 47.4 Å².